The first-order valence-electron chi connectivity index (χ1n) is 8.03. The minimum absolute atomic E-state index is 0.00376. The highest BCUT2D eigenvalue weighted by Gasteiger charge is 2.45. The van der Waals surface area contributed by atoms with Crippen LogP contribution in [0.3, 0.4) is 0 Å². The molecule has 0 spiro atoms. The molecule has 22 heavy (non-hydrogen) atoms. The zero-order valence-electron chi connectivity index (χ0n) is 12.8. The number of rotatable bonds is 4. The van der Waals surface area contributed by atoms with E-state index in [4.69, 9.17) is 0 Å². The molecule has 0 saturated heterocycles. The molecule has 3 rings (SSSR count). The predicted molar refractivity (Wildman–Crippen MR) is 86.1 cm³/mol. The summed E-state index contributed by atoms with van der Waals surface area (Å²) in [5, 5.41) is 0. The van der Waals surface area contributed by atoms with Crippen LogP contribution < -0.4 is 0 Å². The smallest absolute Gasteiger partial charge is 0.207 e. The van der Waals surface area contributed by atoms with Crippen LogP contribution in [0.1, 0.15) is 36.8 Å². The van der Waals surface area contributed by atoms with E-state index in [1.54, 1.807) is 0 Å². The topological polar surface area (TPSA) is 0 Å². The molecule has 0 bridgehead atoms. The summed E-state index contributed by atoms with van der Waals surface area (Å²) >= 11 is 0. The minimum Gasteiger partial charge on any atom is -0.207 e. The molecule has 1 saturated carbocycles. The molecule has 0 aliphatic heterocycles. The van der Waals surface area contributed by atoms with Gasteiger partial charge >= 0.3 is 0 Å². The molecule has 0 N–H and O–H groups in total. The standard InChI is InChI=1S/C20H22F2/c21-20(22)13-7-12-19(16-20,14-17-8-3-1-4-9-17)15-18-10-5-2-6-11-18/h1-6,8-11H,7,12-16H2. The number of hydrogen-bond acceptors (Lipinski definition) is 0. The van der Waals surface area contributed by atoms with Crippen molar-refractivity contribution in [2.24, 2.45) is 5.41 Å². The van der Waals surface area contributed by atoms with Crippen molar-refractivity contribution in [1.29, 1.82) is 0 Å². The van der Waals surface area contributed by atoms with Crippen molar-refractivity contribution in [2.75, 3.05) is 0 Å². The third kappa shape index (κ3) is 3.73. The zero-order valence-corrected chi connectivity index (χ0v) is 12.8. The molecule has 0 atom stereocenters. The summed E-state index contributed by atoms with van der Waals surface area (Å²) < 4.78 is 28.2. The Hall–Kier alpha value is -1.70. The third-order valence-corrected chi connectivity index (χ3v) is 4.73. The lowest BCUT2D eigenvalue weighted by Gasteiger charge is -2.41. The van der Waals surface area contributed by atoms with Crippen molar-refractivity contribution in [2.45, 2.75) is 44.4 Å². The van der Waals surface area contributed by atoms with E-state index in [-0.39, 0.29) is 18.3 Å². The lowest BCUT2D eigenvalue weighted by Crippen LogP contribution is -2.38. The summed E-state index contributed by atoms with van der Waals surface area (Å²) in [5.41, 5.74) is 2.00. The highest BCUT2D eigenvalue weighted by Crippen LogP contribution is 2.48. The molecule has 0 radical (unpaired) electrons. The lowest BCUT2D eigenvalue weighted by molar-refractivity contribution is -0.0826. The van der Waals surface area contributed by atoms with Gasteiger partial charge in [0.25, 0.3) is 0 Å². The van der Waals surface area contributed by atoms with Crippen LogP contribution in [0.25, 0.3) is 0 Å². The first kappa shape index (κ1) is 15.2. The molecule has 0 aromatic heterocycles. The lowest BCUT2D eigenvalue weighted by atomic mass is 9.66. The fourth-order valence-corrected chi connectivity index (χ4v) is 3.87. The van der Waals surface area contributed by atoms with Crippen LogP contribution in [0.4, 0.5) is 8.78 Å². The predicted octanol–water partition coefficient (Wildman–Crippen LogP) is 5.67. The van der Waals surface area contributed by atoms with Crippen LogP contribution in [-0.4, -0.2) is 5.92 Å². The monoisotopic (exact) mass is 300 g/mol. The highest BCUT2D eigenvalue weighted by atomic mass is 19.3. The SMILES string of the molecule is FC1(F)CCCC(Cc2ccccc2)(Cc2ccccc2)C1. The second-order valence-electron chi connectivity index (χ2n) is 6.71. The van der Waals surface area contributed by atoms with Crippen molar-refractivity contribution >= 4 is 0 Å². The van der Waals surface area contributed by atoms with Crippen molar-refractivity contribution in [3.8, 4) is 0 Å². The van der Waals surface area contributed by atoms with Crippen LogP contribution >= 0.6 is 0 Å². The van der Waals surface area contributed by atoms with Gasteiger partial charge in [-0.25, -0.2) is 8.78 Å². The average molecular weight is 300 g/mol. The fraction of sp³-hybridized carbons (Fsp3) is 0.400. The summed E-state index contributed by atoms with van der Waals surface area (Å²) in [6.07, 6.45) is 3.01. The summed E-state index contributed by atoms with van der Waals surface area (Å²) in [4.78, 5) is 0. The maximum atomic E-state index is 14.1. The molecule has 0 nitrogen and oxygen atoms in total. The summed E-state index contributed by atoms with van der Waals surface area (Å²) in [7, 11) is 0. The fourth-order valence-electron chi connectivity index (χ4n) is 3.87. The van der Waals surface area contributed by atoms with Gasteiger partial charge in [0.1, 0.15) is 0 Å². The highest BCUT2D eigenvalue weighted by molar-refractivity contribution is 5.21. The molecular formula is C20H22F2. The van der Waals surface area contributed by atoms with Gasteiger partial charge < -0.3 is 0 Å². The van der Waals surface area contributed by atoms with Gasteiger partial charge in [0.2, 0.25) is 5.92 Å². The first-order valence-corrected chi connectivity index (χ1v) is 8.03. The minimum atomic E-state index is -2.53. The molecule has 0 amide bonds. The van der Waals surface area contributed by atoms with E-state index in [1.807, 2.05) is 36.4 Å². The number of hydrogen-bond donors (Lipinski definition) is 0. The van der Waals surface area contributed by atoms with Gasteiger partial charge in [-0.05, 0) is 42.2 Å². The Morgan fingerprint density at radius 1 is 0.727 bits per heavy atom. The number of halogens is 2. The Labute approximate surface area is 131 Å². The van der Waals surface area contributed by atoms with Crippen LogP contribution in [0.5, 0.6) is 0 Å². The van der Waals surface area contributed by atoms with Crippen LogP contribution in [0.15, 0.2) is 60.7 Å². The Bertz CT molecular complexity index is 548. The van der Waals surface area contributed by atoms with E-state index in [0.29, 0.717) is 6.42 Å². The van der Waals surface area contributed by atoms with Crippen LogP contribution in [-0.2, 0) is 12.8 Å². The average Bonchev–Trinajstić information content (AvgIpc) is 2.48. The molecule has 2 heteroatoms. The van der Waals surface area contributed by atoms with Crippen molar-refractivity contribution in [3.63, 3.8) is 0 Å². The maximum absolute atomic E-state index is 14.1. The van der Waals surface area contributed by atoms with E-state index in [0.717, 1.165) is 30.4 Å². The van der Waals surface area contributed by atoms with Gasteiger partial charge in [0.15, 0.2) is 0 Å². The summed E-state index contributed by atoms with van der Waals surface area (Å²) in [5.74, 6) is -2.53. The van der Waals surface area contributed by atoms with Gasteiger partial charge in [-0.1, -0.05) is 60.7 Å². The van der Waals surface area contributed by atoms with Crippen molar-refractivity contribution in [3.05, 3.63) is 71.8 Å². The Morgan fingerprint density at radius 2 is 1.23 bits per heavy atom. The summed E-state index contributed by atoms with van der Waals surface area (Å²) in [6.45, 7) is 0. The first-order chi connectivity index (χ1) is 10.6. The molecule has 0 heterocycles. The van der Waals surface area contributed by atoms with E-state index in [1.165, 1.54) is 0 Å². The van der Waals surface area contributed by atoms with Gasteiger partial charge in [-0.2, -0.15) is 0 Å². The second kappa shape index (κ2) is 6.20. The quantitative estimate of drug-likeness (QED) is 0.682. The van der Waals surface area contributed by atoms with Crippen LogP contribution in [0, 0.1) is 5.41 Å². The Balaban J connectivity index is 1.88. The van der Waals surface area contributed by atoms with Gasteiger partial charge in [-0.3, -0.25) is 0 Å². The van der Waals surface area contributed by atoms with Gasteiger partial charge in [0.05, 0.1) is 0 Å². The Kier molecular flexibility index (Phi) is 4.28. The van der Waals surface area contributed by atoms with Crippen molar-refractivity contribution in [1.82, 2.24) is 0 Å². The molecule has 116 valence electrons. The maximum Gasteiger partial charge on any atom is 0.248 e. The Morgan fingerprint density at radius 3 is 1.68 bits per heavy atom. The van der Waals surface area contributed by atoms with E-state index >= 15 is 0 Å². The van der Waals surface area contributed by atoms with Gasteiger partial charge in [-0.15, -0.1) is 0 Å². The molecule has 2 aromatic rings. The van der Waals surface area contributed by atoms with Crippen LogP contribution in [0.2, 0.25) is 0 Å². The summed E-state index contributed by atoms with van der Waals surface area (Å²) in [6, 6.07) is 20.1. The normalized spacial score (nSPS) is 19.7. The molecule has 1 fully saturated rings. The molecule has 1 aliphatic rings. The van der Waals surface area contributed by atoms with E-state index in [2.05, 4.69) is 24.3 Å². The third-order valence-electron chi connectivity index (χ3n) is 4.73. The second-order valence-corrected chi connectivity index (χ2v) is 6.71. The van der Waals surface area contributed by atoms with Crippen molar-refractivity contribution < 1.29 is 8.78 Å². The molecule has 2 aromatic carbocycles. The van der Waals surface area contributed by atoms with E-state index < -0.39 is 5.92 Å². The number of benzene rings is 2. The number of alkyl halides is 2. The van der Waals surface area contributed by atoms with E-state index in [9.17, 15) is 8.78 Å². The largest absolute Gasteiger partial charge is 0.248 e. The molecular weight excluding hydrogens is 278 g/mol. The molecule has 1 aliphatic carbocycles. The molecule has 0 unspecified atom stereocenters. The van der Waals surface area contributed by atoms with Gasteiger partial charge in [0, 0.05) is 12.8 Å². The zero-order chi connectivity index (χ0) is 15.5.